The summed E-state index contributed by atoms with van der Waals surface area (Å²) in [4.78, 5) is 13.4. The van der Waals surface area contributed by atoms with Gasteiger partial charge in [-0.1, -0.05) is 26.0 Å². The van der Waals surface area contributed by atoms with Crippen molar-refractivity contribution < 1.29 is 9.53 Å². The maximum absolute atomic E-state index is 11.7. The molecule has 1 aliphatic rings. The van der Waals surface area contributed by atoms with E-state index in [0.717, 1.165) is 12.1 Å². The van der Waals surface area contributed by atoms with Crippen molar-refractivity contribution in [2.45, 2.75) is 20.0 Å². The molecule has 92 valence electrons. The van der Waals surface area contributed by atoms with Crippen molar-refractivity contribution in [1.29, 1.82) is 0 Å². The lowest BCUT2D eigenvalue weighted by Crippen LogP contribution is -2.28. The maximum atomic E-state index is 11.7. The molecule has 0 bridgehead atoms. The topological polar surface area (TPSA) is 55.6 Å². The fourth-order valence-electron chi connectivity index (χ4n) is 2.03. The number of carbonyl (C=O) groups excluding carboxylic acids is 1. The molecule has 0 radical (unpaired) electrons. The Labute approximate surface area is 101 Å². The summed E-state index contributed by atoms with van der Waals surface area (Å²) in [6.45, 7) is 5.51. The third-order valence-corrected chi connectivity index (χ3v) is 2.76. The van der Waals surface area contributed by atoms with E-state index in [0.29, 0.717) is 18.2 Å². The molecule has 17 heavy (non-hydrogen) atoms. The van der Waals surface area contributed by atoms with Gasteiger partial charge in [0.2, 0.25) is 0 Å². The van der Waals surface area contributed by atoms with Gasteiger partial charge in [-0.05, 0) is 23.6 Å². The van der Waals surface area contributed by atoms with E-state index in [1.807, 2.05) is 24.3 Å². The zero-order chi connectivity index (χ0) is 12.4. The largest absolute Gasteiger partial charge is 0.439 e. The number of benzene rings is 1. The van der Waals surface area contributed by atoms with Gasteiger partial charge < -0.3 is 15.4 Å². The molecule has 1 heterocycles. The first kappa shape index (κ1) is 11.8. The molecule has 1 amide bonds. The highest BCUT2D eigenvalue weighted by Crippen LogP contribution is 2.27. The predicted octanol–water partition coefficient (Wildman–Crippen LogP) is 2.42. The van der Waals surface area contributed by atoms with E-state index < -0.39 is 0 Å². The summed E-state index contributed by atoms with van der Waals surface area (Å²) < 4.78 is 5.35. The van der Waals surface area contributed by atoms with Crippen LogP contribution in [0.15, 0.2) is 24.3 Å². The molecule has 1 aliphatic heterocycles. The molecule has 2 rings (SSSR count). The van der Waals surface area contributed by atoms with Crippen LogP contribution < -0.4 is 5.73 Å². The van der Waals surface area contributed by atoms with Gasteiger partial charge in [-0.2, -0.15) is 0 Å². The molecule has 0 spiro atoms. The van der Waals surface area contributed by atoms with Crippen molar-refractivity contribution in [2.75, 3.05) is 18.8 Å². The van der Waals surface area contributed by atoms with Crippen LogP contribution >= 0.6 is 0 Å². The number of cyclic esters (lactones) is 1. The molecule has 1 aromatic rings. The van der Waals surface area contributed by atoms with Crippen molar-refractivity contribution >= 4 is 11.8 Å². The first-order valence-electron chi connectivity index (χ1n) is 5.87. The van der Waals surface area contributed by atoms with Crippen LogP contribution in [0.5, 0.6) is 0 Å². The van der Waals surface area contributed by atoms with Crippen molar-refractivity contribution in [1.82, 2.24) is 4.90 Å². The molecule has 1 atom stereocenters. The normalized spacial score (nSPS) is 19.8. The lowest BCUT2D eigenvalue weighted by Gasteiger charge is -2.15. The van der Waals surface area contributed by atoms with E-state index >= 15 is 0 Å². The number of nitrogen functional groups attached to an aromatic ring is 1. The molecule has 1 unspecified atom stereocenters. The summed E-state index contributed by atoms with van der Waals surface area (Å²) in [7, 11) is 0. The fraction of sp³-hybridized carbons (Fsp3) is 0.462. The highest BCUT2D eigenvalue weighted by molar-refractivity contribution is 5.70. The van der Waals surface area contributed by atoms with Gasteiger partial charge in [-0.3, -0.25) is 0 Å². The summed E-state index contributed by atoms with van der Waals surface area (Å²) in [6, 6.07) is 7.50. The molecular weight excluding hydrogens is 216 g/mol. The number of rotatable bonds is 3. The predicted molar refractivity (Wildman–Crippen MR) is 66.5 cm³/mol. The van der Waals surface area contributed by atoms with E-state index in [1.54, 1.807) is 4.90 Å². The molecule has 1 saturated heterocycles. The number of hydrogen-bond acceptors (Lipinski definition) is 3. The van der Waals surface area contributed by atoms with Crippen LogP contribution in [0.3, 0.4) is 0 Å². The highest BCUT2D eigenvalue weighted by Gasteiger charge is 2.32. The summed E-state index contributed by atoms with van der Waals surface area (Å²) in [5.41, 5.74) is 7.38. The molecule has 0 aromatic heterocycles. The first-order valence-corrected chi connectivity index (χ1v) is 5.87. The molecule has 1 aromatic carbocycles. The van der Waals surface area contributed by atoms with Crippen LogP contribution in [-0.2, 0) is 4.74 Å². The van der Waals surface area contributed by atoms with E-state index in [1.165, 1.54) is 0 Å². The first-order chi connectivity index (χ1) is 8.06. The van der Waals surface area contributed by atoms with Crippen LogP contribution in [-0.4, -0.2) is 24.1 Å². The van der Waals surface area contributed by atoms with Gasteiger partial charge >= 0.3 is 6.09 Å². The molecular formula is C13H18N2O2. The lowest BCUT2D eigenvalue weighted by molar-refractivity contribution is 0.131. The van der Waals surface area contributed by atoms with Gasteiger partial charge in [0.1, 0.15) is 6.10 Å². The van der Waals surface area contributed by atoms with Crippen LogP contribution in [0.1, 0.15) is 25.5 Å². The standard InChI is InChI=1S/C13H18N2O2/c1-9(2)7-15-8-12(17-13(15)16)10-4-3-5-11(14)6-10/h3-6,9,12H,7-8,14H2,1-2H3. The van der Waals surface area contributed by atoms with Gasteiger partial charge in [0.05, 0.1) is 6.54 Å². The number of nitrogens with two attached hydrogens (primary N) is 1. The second-order valence-corrected chi connectivity index (χ2v) is 4.84. The van der Waals surface area contributed by atoms with Gasteiger partial charge in [-0.15, -0.1) is 0 Å². The van der Waals surface area contributed by atoms with E-state index in [-0.39, 0.29) is 12.2 Å². The minimum Gasteiger partial charge on any atom is -0.439 e. The number of nitrogens with zero attached hydrogens (tertiary/aromatic N) is 1. The molecule has 4 heteroatoms. The van der Waals surface area contributed by atoms with Crippen molar-refractivity contribution in [3.8, 4) is 0 Å². The lowest BCUT2D eigenvalue weighted by atomic mass is 10.1. The molecule has 0 aliphatic carbocycles. The average Bonchev–Trinajstić information content (AvgIpc) is 2.59. The van der Waals surface area contributed by atoms with Crippen LogP contribution in [0, 0.1) is 5.92 Å². The Balaban J connectivity index is 2.08. The van der Waals surface area contributed by atoms with E-state index in [9.17, 15) is 4.79 Å². The zero-order valence-electron chi connectivity index (χ0n) is 10.2. The van der Waals surface area contributed by atoms with Crippen LogP contribution in [0.25, 0.3) is 0 Å². The molecule has 2 N–H and O–H groups in total. The van der Waals surface area contributed by atoms with Crippen molar-refractivity contribution in [2.24, 2.45) is 5.92 Å². The molecule has 0 saturated carbocycles. The number of carbonyl (C=O) groups is 1. The summed E-state index contributed by atoms with van der Waals surface area (Å²) in [5, 5.41) is 0. The van der Waals surface area contributed by atoms with Crippen molar-refractivity contribution in [3.63, 3.8) is 0 Å². The molecule has 1 fully saturated rings. The van der Waals surface area contributed by atoms with Gasteiger partial charge in [0, 0.05) is 12.2 Å². The monoisotopic (exact) mass is 234 g/mol. The second kappa shape index (κ2) is 4.65. The Bertz CT molecular complexity index is 418. The third-order valence-electron chi connectivity index (χ3n) is 2.76. The number of ether oxygens (including phenoxy) is 1. The minimum absolute atomic E-state index is 0.190. The van der Waals surface area contributed by atoms with Crippen molar-refractivity contribution in [3.05, 3.63) is 29.8 Å². The molecule has 4 nitrogen and oxygen atoms in total. The second-order valence-electron chi connectivity index (χ2n) is 4.84. The number of anilines is 1. The smallest absolute Gasteiger partial charge is 0.410 e. The van der Waals surface area contributed by atoms with Crippen LogP contribution in [0.2, 0.25) is 0 Å². The number of amides is 1. The fourth-order valence-corrected chi connectivity index (χ4v) is 2.03. The van der Waals surface area contributed by atoms with Gasteiger partial charge in [-0.25, -0.2) is 4.79 Å². The minimum atomic E-state index is -0.230. The summed E-state index contributed by atoms with van der Waals surface area (Å²) in [6.07, 6.45) is -0.420. The Morgan fingerprint density at radius 2 is 2.29 bits per heavy atom. The van der Waals surface area contributed by atoms with Gasteiger partial charge in [0.15, 0.2) is 0 Å². The number of hydrogen-bond donors (Lipinski definition) is 1. The summed E-state index contributed by atoms with van der Waals surface area (Å²) in [5.74, 6) is 0.446. The zero-order valence-corrected chi connectivity index (χ0v) is 10.2. The van der Waals surface area contributed by atoms with Crippen LogP contribution in [0.4, 0.5) is 10.5 Å². The Morgan fingerprint density at radius 1 is 1.53 bits per heavy atom. The van der Waals surface area contributed by atoms with E-state index in [4.69, 9.17) is 10.5 Å². The Morgan fingerprint density at radius 3 is 2.94 bits per heavy atom. The third kappa shape index (κ3) is 2.70. The maximum Gasteiger partial charge on any atom is 0.410 e. The van der Waals surface area contributed by atoms with E-state index in [2.05, 4.69) is 13.8 Å². The summed E-state index contributed by atoms with van der Waals surface area (Å²) >= 11 is 0. The Hall–Kier alpha value is -1.71. The quantitative estimate of drug-likeness (QED) is 0.817. The Kier molecular flexibility index (Phi) is 3.22. The average molecular weight is 234 g/mol. The van der Waals surface area contributed by atoms with Gasteiger partial charge in [0.25, 0.3) is 0 Å². The SMILES string of the molecule is CC(C)CN1CC(c2cccc(N)c2)OC1=O. The highest BCUT2D eigenvalue weighted by atomic mass is 16.6.